The lowest BCUT2D eigenvalue weighted by Crippen LogP contribution is -1.79. The van der Waals surface area contributed by atoms with E-state index >= 15 is 0 Å². The molecule has 2 nitrogen and oxygen atoms in total. The summed E-state index contributed by atoms with van der Waals surface area (Å²) in [5, 5.41) is 7.87. The maximum Gasteiger partial charge on any atom is 0.136 e. The summed E-state index contributed by atoms with van der Waals surface area (Å²) in [6.07, 6.45) is 0. The van der Waals surface area contributed by atoms with Gasteiger partial charge < -0.3 is 9.40 Å². The Morgan fingerprint density at radius 2 is 1.41 bits per heavy atom. The second-order valence-corrected chi connectivity index (χ2v) is 10.3. The van der Waals surface area contributed by atoms with E-state index in [0.717, 1.165) is 33.0 Å². The summed E-state index contributed by atoms with van der Waals surface area (Å²) in [5.41, 5.74) is 6.32. The van der Waals surface area contributed by atoms with Gasteiger partial charge in [0.1, 0.15) is 11.2 Å². The van der Waals surface area contributed by atoms with Crippen LogP contribution in [-0.4, -0.2) is 4.98 Å². The maximum absolute atomic E-state index is 6.52. The lowest BCUT2D eigenvalue weighted by Gasteiger charge is -2.03. The van der Waals surface area contributed by atoms with Crippen molar-refractivity contribution in [1.82, 2.24) is 4.98 Å². The number of hydrogen-bond acceptors (Lipinski definition) is 2. The molecular weight excluding hydrogens is 458 g/mol. The first kappa shape index (κ1) is 18.6. The van der Waals surface area contributed by atoms with Crippen molar-refractivity contribution < 1.29 is 4.42 Å². The van der Waals surface area contributed by atoms with Gasteiger partial charge in [0.2, 0.25) is 0 Å². The lowest BCUT2D eigenvalue weighted by atomic mass is 10.00. The van der Waals surface area contributed by atoms with Gasteiger partial charge in [-0.05, 0) is 65.7 Å². The average molecular weight is 474 g/mol. The molecule has 0 spiro atoms. The minimum atomic E-state index is 0.715. The van der Waals surface area contributed by atoms with Crippen molar-refractivity contribution in [3.63, 3.8) is 0 Å². The minimum absolute atomic E-state index is 0.715. The molecule has 8 rings (SSSR count). The predicted molar refractivity (Wildman–Crippen MR) is 146 cm³/mol. The molecule has 0 unspecified atom stereocenters. The molecule has 0 bridgehead atoms. The molecule has 0 radical (unpaired) electrons. The molecule has 0 aliphatic heterocycles. The largest absolute Gasteiger partial charge is 0.456 e. The molecule has 0 amide bonds. The second kappa shape index (κ2) is 6.63. The first-order chi connectivity index (χ1) is 16.7. The Morgan fingerprint density at radius 1 is 0.588 bits per heavy atom. The zero-order chi connectivity index (χ0) is 22.4. The van der Waals surface area contributed by atoms with Crippen LogP contribution in [0.15, 0.2) is 95.4 Å². The van der Waals surface area contributed by atoms with Crippen molar-refractivity contribution >= 4 is 86.9 Å². The summed E-state index contributed by atoms with van der Waals surface area (Å²) in [6, 6.07) is 32.1. The predicted octanol–water partition coefficient (Wildman–Crippen LogP) is 9.91. The standard InChI is InChI=1S/C30H16ClNOS/c31-23-5-3-6-27-30(23)22-13-17(9-11-26(22)33-27)16-8-10-24-19(12-16)20-14-21-18-4-1-2-7-28(18)34-29(21)15-25(20)32-24/h1-15,32H. The van der Waals surface area contributed by atoms with E-state index < -0.39 is 0 Å². The molecule has 3 heterocycles. The number of halogens is 1. The van der Waals surface area contributed by atoms with Crippen LogP contribution < -0.4 is 0 Å². The van der Waals surface area contributed by atoms with Crippen molar-refractivity contribution in [2.24, 2.45) is 0 Å². The number of thiophene rings is 1. The van der Waals surface area contributed by atoms with Gasteiger partial charge in [-0.25, -0.2) is 0 Å². The first-order valence-corrected chi connectivity index (χ1v) is 12.4. The van der Waals surface area contributed by atoms with Gasteiger partial charge >= 0.3 is 0 Å². The van der Waals surface area contributed by atoms with E-state index in [2.05, 4.69) is 71.7 Å². The van der Waals surface area contributed by atoms with E-state index in [-0.39, 0.29) is 0 Å². The zero-order valence-electron chi connectivity index (χ0n) is 17.9. The summed E-state index contributed by atoms with van der Waals surface area (Å²) in [7, 11) is 0. The van der Waals surface area contributed by atoms with Gasteiger partial charge in [-0.15, -0.1) is 11.3 Å². The highest BCUT2D eigenvalue weighted by Crippen LogP contribution is 2.40. The van der Waals surface area contributed by atoms with Crippen LogP contribution >= 0.6 is 22.9 Å². The molecule has 5 aromatic carbocycles. The number of hydrogen-bond donors (Lipinski definition) is 1. The van der Waals surface area contributed by atoms with E-state index in [1.54, 1.807) is 0 Å². The zero-order valence-corrected chi connectivity index (χ0v) is 19.4. The first-order valence-electron chi connectivity index (χ1n) is 11.2. The number of benzene rings is 5. The van der Waals surface area contributed by atoms with Gasteiger partial charge in [0, 0.05) is 52.8 Å². The van der Waals surface area contributed by atoms with Crippen molar-refractivity contribution in [3.05, 3.63) is 96.0 Å². The third-order valence-electron chi connectivity index (χ3n) is 6.87. The quantitative estimate of drug-likeness (QED) is 0.252. The molecule has 0 fully saturated rings. The van der Waals surface area contributed by atoms with E-state index in [0.29, 0.717) is 5.02 Å². The van der Waals surface area contributed by atoms with Crippen LogP contribution in [0.3, 0.4) is 0 Å². The molecule has 3 aromatic heterocycles. The molecule has 4 heteroatoms. The number of rotatable bonds is 1. The third-order valence-corrected chi connectivity index (χ3v) is 8.32. The highest BCUT2D eigenvalue weighted by molar-refractivity contribution is 7.25. The Labute approximate surface area is 203 Å². The van der Waals surface area contributed by atoms with Crippen LogP contribution in [0.4, 0.5) is 0 Å². The number of fused-ring (bicyclic) bond motifs is 9. The summed E-state index contributed by atoms with van der Waals surface area (Å²) in [5.74, 6) is 0. The number of aromatic amines is 1. The molecule has 0 atom stereocenters. The minimum Gasteiger partial charge on any atom is -0.456 e. The Bertz CT molecular complexity index is 2090. The van der Waals surface area contributed by atoms with E-state index in [1.807, 2.05) is 35.6 Å². The number of furan rings is 1. The molecule has 160 valence electrons. The van der Waals surface area contributed by atoms with Gasteiger partial charge in [-0.3, -0.25) is 0 Å². The average Bonchev–Trinajstić information content (AvgIpc) is 3.52. The summed E-state index contributed by atoms with van der Waals surface area (Å²) < 4.78 is 8.66. The van der Waals surface area contributed by atoms with Crippen LogP contribution in [0, 0.1) is 0 Å². The van der Waals surface area contributed by atoms with Crippen molar-refractivity contribution in [2.75, 3.05) is 0 Å². The molecule has 1 N–H and O–H groups in total. The van der Waals surface area contributed by atoms with Crippen LogP contribution in [0.5, 0.6) is 0 Å². The smallest absolute Gasteiger partial charge is 0.136 e. The van der Waals surface area contributed by atoms with Gasteiger partial charge in [-0.2, -0.15) is 0 Å². The molecule has 8 aromatic rings. The maximum atomic E-state index is 6.52. The lowest BCUT2D eigenvalue weighted by molar-refractivity contribution is 0.669. The Morgan fingerprint density at radius 3 is 2.35 bits per heavy atom. The Hall–Kier alpha value is -3.79. The fourth-order valence-electron chi connectivity index (χ4n) is 5.26. The Kier molecular flexibility index (Phi) is 3.63. The molecule has 0 aliphatic carbocycles. The van der Waals surface area contributed by atoms with Gasteiger partial charge in [0.05, 0.1) is 5.02 Å². The van der Waals surface area contributed by atoms with Crippen molar-refractivity contribution in [1.29, 1.82) is 0 Å². The summed E-state index contributed by atoms with van der Waals surface area (Å²) in [6.45, 7) is 0. The second-order valence-electron chi connectivity index (χ2n) is 8.80. The molecule has 34 heavy (non-hydrogen) atoms. The normalized spacial score (nSPS) is 12.3. The van der Waals surface area contributed by atoms with Crippen molar-refractivity contribution in [2.45, 2.75) is 0 Å². The monoisotopic (exact) mass is 473 g/mol. The van der Waals surface area contributed by atoms with Crippen LogP contribution in [-0.2, 0) is 0 Å². The van der Waals surface area contributed by atoms with E-state index in [1.165, 1.54) is 42.0 Å². The van der Waals surface area contributed by atoms with Crippen LogP contribution in [0.2, 0.25) is 5.02 Å². The van der Waals surface area contributed by atoms with E-state index in [9.17, 15) is 0 Å². The summed E-state index contributed by atoms with van der Waals surface area (Å²) >= 11 is 8.37. The topological polar surface area (TPSA) is 28.9 Å². The fraction of sp³-hybridized carbons (Fsp3) is 0. The fourth-order valence-corrected chi connectivity index (χ4v) is 6.66. The van der Waals surface area contributed by atoms with Crippen LogP contribution in [0.25, 0.3) is 75.0 Å². The third kappa shape index (κ3) is 2.51. The van der Waals surface area contributed by atoms with Crippen LogP contribution in [0.1, 0.15) is 0 Å². The number of aromatic nitrogens is 1. The van der Waals surface area contributed by atoms with E-state index in [4.69, 9.17) is 16.0 Å². The number of H-pyrrole nitrogens is 1. The van der Waals surface area contributed by atoms with Gasteiger partial charge in [-0.1, -0.05) is 48.0 Å². The van der Waals surface area contributed by atoms with Crippen molar-refractivity contribution in [3.8, 4) is 11.1 Å². The Balaban J connectivity index is 1.38. The molecule has 0 aliphatic rings. The highest BCUT2D eigenvalue weighted by Gasteiger charge is 2.14. The molecular formula is C30H16ClNOS. The highest BCUT2D eigenvalue weighted by atomic mass is 35.5. The molecule has 0 saturated carbocycles. The van der Waals surface area contributed by atoms with Gasteiger partial charge in [0.25, 0.3) is 0 Å². The number of nitrogens with one attached hydrogen (secondary N) is 1. The SMILES string of the molecule is Clc1cccc2oc3ccc(-c4ccc5[nH]c6cc7sc8ccccc8c7cc6c5c4)cc3c12. The summed E-state index contributed by atoms with van der Waals surface area (Å²) in [4.78, 5) is 3.62. The molecule has 0 saturated heterocycles. The van der Waals surface area contributed by atoms with Gasteiger partial charge in [0.15, 0.2) is 0 Å².